The first-order valence-corrected chi connectivity index (χ1v) is 6.58. The smallest absolute Gasteiger partial charge is 0.346 e. The molecule has 1 aromatic rings. The normalized spacial score (nSPS) is 13.2. The highest BCUT2D eigenvalue weighted by Gasteiger charge is 2.28. The van der Waals surface area contributed by atoms with Crippen LogP contribution >= 0.6 is 27.7 Å². The molecule has 8 heteroatoms. The van der Waals surface area contributed by atoms with Gasteiger partial charge in [-0.1, -0.05) is 11.8 Å². The van der Waals surface area contributed by atoms with Gasteiger partial charge in [0.15, 0.2) is 0 Å². The molecule has 100 valence electrons. The van der Waals surface area contributed by atoms with Gasteiger partial charge in [-0.2, -0.15) is 13.2 Å². The first kappa shape index (κ1) is 15.3. The van der Waals surface area contributed by atoms with Gasteiger partial charge in [-0.15, -0.1) is 0 Å². The van der Waals surface area contributed by atoms with E-state index in [2.05, 4.69) is 20.9 Å². The zero-order valence-corrected chi connectivity index (χ0v) is 11.7. The molecule has 1 unspecified atom stereocenters. The number of rotatable bonds is 4. The van der Waals surface area contributed by atoms with E-state index >= 15 is 0 Å². The molecule has 1 aromatic heterocycles. The molecular formula is C10H10BrF3N2OS. The third-order valence-electron chi connectivity index (χ3n) is 1.83. The molecule has 0 aliphatic rings. The van der Waals surface area contributed by atoms with Crippen molar-refractivity contribution in [2.45, 2.75) is 23.4 Å². The van der Waals surface area contributed by atoms with Gasteiger partial charge >= 0.3 is 6.18 Å². The number of aromatic nitrogens is 1. The SMILES string of the molecule is CC(Sc1ccc(Br)cn1)C(=O)NCC(F)(F)F. The fourth-order valence-electron chi connectivity index (χ4n) is 0.998. The van der Waals surface area contributed by atoms with E-state index in [0.29, 0.717) is 5.03 Å². The van der Waals surface area contributed by atoms with Crippen LogP contribution in [-0.4, -0.2) is 28.9 Å². The summed E-state index contributed by atoms with van der Waals surface area (Å²) in [5.74, 6) is -0.665. The maximum Gasteiger partial charge on any atom is 0.405 e. The summed E-state index contributed by atoms with van der Waals surface area (Å²) in [6.07, 6.45) is -2.83. The Morgan fingerprint density at radius 3 is 2.72 bits per heavy atom. The Balaban J connectivity index is 2.47. The average Bonchev–Trinajstić information content (AvgIpc) is 2.28. The number of pyridine rings is 1. The highest BCUT2D eigenvalue weighted by molar-refractivity contribution is 9.10. The van der Waals surface area contributed by atoms with E-state index in [1.54, 1.807) is 18.3 Å². The van der Waals surface area contributed by atoms with Crippen molar-refractivity contribution in [3.05, 3.63) is 22.8 Å². The largest absolute Gasteiger partial charge is 0.405 e. The van der Waals surface area contributed by atoms with Crippen LogP contribution in [0.25, 0.3) is 0 Å². The van der Waals surface area contributed by atoms with Gasteiger partial charge in [-0.25, -0.2) is 4.98 Å². The summed E-state index contributed by atoms with van der Waals surface area (Å²) in [6.45, 7) is 0.213. The van der Waals surface area contributed by atoms with Crippen LogP contribution < -0.4 is 5.32 Å². The first-order chi connectivity index (χ1) is 8.28. The van der Waals surface area contributed by atoms with Crippen LogP contribution in [-0.2, 0) is 4.79 Å². The Hall–Kier alpha value is -0.760. The lowest BCUT2D eigenvalue weighted by molar-refractivity contribution is -0.137. The van der Waals surface area contributed by atoms with E-state index in [1.165, 1.54) is 6.92 Å². The molecule has 0 aliphatic heterocycles. The predicted molar refractivity (Wildman–Crippen MR) is 66.3 cm³/mol. The number of hydrogen-bond acceptors (Lipinski definition) is 3. The van der Waals surface area contributed by atoms with Crippen molar-refractivity contribution >= 4 is 33.6 Å². The number of halogens is 4. The van der Waals surface area contributed by atoms with Crippen LogP contribution in [0, 0.1) is 0 Å². The Bertz CT molecular complexity index is 411. The molecule has 1 rings (SSSR count). The number of nitrogens with one attached hydrogen (secondary N) is 1. The molecule has 1 atom stereocenters. The Kier molecular flexibility index (Phi) is 5.46. The maximum absolute atomic E-state index is 11.9. The molecule has 3 nitrogen and oxygen atoms in total. The van der Waals surface area contributed by atoms with Crippen molar-refractivity contribution in [3.8, 4) is 0 Å². The highest BCUT2D eigenvalue weighted by atomic mass is 79.9. The van der Waals surface area contributed by atoms with Crippen LogP contribution in [0.4, 0.5) is 13.2 Å². The summed E-state index contributed by atoms with van der Waals surface area (Å²) in [5.41, 5.74) is 0. The lowest BCUT2D eigenvalue weighted by Crippen LogP contribution is -2.37. The number of thioether (sulfide) groups is 1. The Labute approximate surface area is 115 Å². The summed E-state index contributed by atoms with van der Waals surface area (Å²) in [5, 5.41) is 1.77. The summed E-state index contributed by atoms with van der Waals surface area (Å²) in [6, 6.07) is 3.43. The van der Waals surface area contributed by atoms with E-state index in [1.807, 2.05) is 5.32 Å². The molecular weight excluding hydrogens is 333 g/mol. The summed E-state index contributed by atoms with van der Waals surface area (Å²) in [7, 11) is 0. The molecule has 0 fully saturated rings. The third-order valence-corrected chi connectivity index (χ3v) is 3.35. The fraction of sp³-hybridized carbons (Fsp3) is 0.400. The molecule has 1 heterocycles. The van der Waals surface area contributed by atoms with Crippen molar-refractivity contribution in [3.63, 3.8) is 0 Å². The predicted octanol–water partition coefficient (Wildman–Crippen LogP) is 3.00. The topological polar surface area (TPSA) is 42.0 Å². The minimum absolute atomic E-state index is 0.577. The Morgan fingerprint density at radius 1 is 1.56 bits per heavy atom. The minimum Gasteiger partial charge on any atom is -0.346 e. The molecule has 0 aromatic carbocycles. The quantitative estimate of drug-likeness (QED) is 0.855. The van der Waals surface area contributed by atoms with Crippen molar-refractivity contribution in [2.75, 3.05) is 6.54 Å². The van der Waals surface area contributed by atoms with E-state index in [4.69, 9.17) is 0 Å². The van der Waals surface area contributed by atoms with E-state index < -0.39 is 23.9 Å². The third kappa shape index (κ3) is 5.72. The molecule has 18 heavy (non-hydrogen) atoms. The van der Waals surface area contributed by atoms with Crippen LogP contribution in [0.15, 0.2) is 27.8 Å². The van der Waals surface area contributed by atoms with Crippen molar-refractivity contribution in [2.24, 2.45) is 0 Å². The number of carbonyl (C=O) groups is 1. The number of hydrogen-bond donors (Lipinski definition) is 1. The van der Waals surface area contributed by atoms with Gasteiger partial charge in [0.25, 0.3) is 0 Å². The van der Waals surface area contributed by atoms with Gasteiger partial charge < -0.3 is 5.32 Å². The van der Waals surface area contributed by atoms with Crippen LogP contribution in [0.1, 0.15) is 6.92 Å². The van der Waals surface area contributed by atoms with E-state index in [9.17, 15) is 18.0 Å². The van der Waals surface area contributed by atoms with Gasteiger partial charge in [0.1, 0.15) is 6.54 Å². The Morgan fingerprint density at radius 2 is 2.22 bits per heavy atom. The van der Waals surface area contributed by atoms with Gasteiger partial charge in [-0.3, -0.25) is 4.79 Å². The van der Waals surface area contributed by atoms with Crippen molar-refractivity contribution < 1.29 is 18.0 Å². The molecule has 1 N–H and O–H groups in total. The van der Waals surface area contributed by atoms with Gasteiger partial charge in [-0.05, 0) is 35.0 Å². The molecule has 0 saturated heterocycles. The number of amides is 1. The zero-order chi connectivity index (χ0) is 13.8. The second kappa shape index (κ2) is 6.42. The van der Waals surface area contributed by atoms with E-state index in [0.717, 1.165) is 16.2 Å². The van der Waals surface area contributed by atoms with E-state index in [-0.39, 0.29) is 0 Å². The summed E-state index contributed by atoms with van der Waals surface area (Å²) >= 11 is 4.31. The number of alkyl halides is 3. The van der Waals surface area contributed by atoms with Gasteiger partial charge in [0, 0.05) is 10.7 Å². The lowest BCUT2D eigenvalue weighted by Gasteiger charge is -2.12. The molecule has 1 amide bonds. The van der Waals surface area contributed by atoms with Gasteiger partial charge in [0.2, 0.25) is 5.91 Å². The number of carbonyl (C=O) groups excluding carboxylic acids is 1. The summed E-state index contributed by atoms with van der Waals surface area (Å²) < 4.78 is 36.5. The average molecular weight is 343 g/mol. The van der Waals surface area contributed by atoms with Crippen molar-refractivity contribution in [1.82, 2.24) is 10.3 Å². The molecule has 0 saturated carbocycles. The maximum atomic E-state index is 11.9. The molecule has 0 bridgehead atoms. The standard InChI is InChI=1S/C10H10BrF3N2OS/c1-6(9(17)16-5-10(12,13)14)18-8-3-2-7(11)4-15-8/h2-4,6H,5H2,1H3,(H,16,17). The van der Waals surface area contributed by atoms with Crippen LogP contribution in [0.2, 0.25) is 0 Å². The molecule has 0 aliphatic carbocycles. The summed E-state index contributed by atoms with van der Waals surface area (Å²) in [4.78, 5) is 15.4. The highest BCUT2D eigenvalue weighted by Crippen LogP contribution is 2.22. The second-order valence-corrected chi connectivity index (χ2v) is 5.68. The fourth-order valence-corrected chi connectivity index (χ4v) is 2.04. The first-order valence-electron chi connectivity index (χ1n) is 4.90. The second-order valence-electron chi connectivity index (χ2n) is 3.41. The number of nitrogens with zero attached hydrogens (tertiary/aromatic N) is 1. The molecule has 0 radical (unpaired) electrons. The zero-order valence-electron chi connectivity index (χ0n) is 9.29. The van der Waals surface area contributed by atoms with Gasteiger partial charge in [0.05, 0.1) is 10.3 Å². The monoisotopic (exact) mass is 342 g/mol. The lowest BCUT2D eigenvalue weighted by atomic mass is 10.4. The van der Waals surface area contributed by atoms with Crippen LogP contribution in [0.3, 0.4) is 0 Å². The molecule has 0 spiro atoms. The minimum atomic E-state index is -4.39. The van der Waals surface area contributed by atoms with Crippen LogP contribution in [0.5, 0.6) is 0 Å². The van der Waals surface area contributed by atoms with Crippen molar-refractivity contribution in [1.29, 1.82) is 0 Å².